The van der Waals surface area contributed by atoms with Crippen LogP contribution in [0.3, 0.4) is 0 Å². The van der Waals surface area contributed by atoms with Crippen molar-refractivity contribution < 1.29 is 9.53 Å². The van der Waals surface area contributed by atoms with Crippen LogP contribution in [0, 0.1) is 0 Å². The molecule has 1 aliphatic carbocycles. The predicted molar refractivity (Wildman–Crippen MR) is 69.0 cm³/mol. The van der Waals surface area contributed by atoms with Gasteiger partial charge in [-0.05, 0) is 30.9 Å². The molecule has 1 unspecified atom stereocenters. The van der Waals surface area contributed by atoms with Gasteiger partial charge in [0.2, 0.25) is 0 Å². The number of hydrogen-bond donors (Lipinski definition) is 0. The Morgan fingerprint density at radius 2 is 1.94 bits per heavy atom. The minimum absolute atomic E-state index is 0.140. The van der Waals surface area contributed by atoms with Crippen LogP contribution in [-0.4, -0.2) is 54.6 Å². The van der Waals surface area contributed by atoms with Crippen molar-refractivity contribution >= 4 is 5.91 Å². The van der Waals surface area contributed by atoms with Gasteiger partial charge < -0.3 is 14.5 Å². The van der Waals surface area contributed by atoms with Gasteiger partial charge in [0.15, 0.2) is 6.10 Å². The highest BCUT2D eigenvalue weighted by Gasteiger charge is 2.36. The van der Waals surface area contributed by atoms with Crippen molar-refractivity contribution in [3.63, 3.8) is 0 Å². The summed E-state index contributed by atoms with van der Waals surface area (Å²) in [6, 6.07) is 0. The molecule has 2 saturated heterocycles. The number of rotatable bonds is 2. The van der Waals surface area contributed by atoms with Gasteiger partial charge in [0.1, 0.15) is 0 Å². The van der Waals surface area contributed by atoms with Crippen LogP contribution in [-0.2, 0) is 9.53 Å². The Morgan fingerprint density at radius 3 is 2.44 bits per heavy atom. The molecular weight excluding hydrogens is 228 g/mol. The standard InChI is InChI=1S/C14H20N2O2/c1-10-3-4-11(2)13(10)15-5-7-16(8-6-15)14(17)12-9-18-12/h12H,1,3-9H2,2H3. The Hall–Kier alpha value is -1.29. The molecule has 0 bridgehead atoms. The molecule has 0 aromatic carbocycles. The molecule has 3 rings (SSSR count). The van der Waals surface area contributed by atoms with E-state index in [9.17, 15) is 4.79 Å². The molecule has 1 atom stereocenters. The average Bonchev–Trinajstić information content (AvgIpc) is 3.16. The molecule has 0 radical (unpaired) electrons. The van der Waals surface area contributed by atoms with Gasteiger partial charge in [0, 0.05) is 31.9 Å². The van der Waals surface area contributed by atoms with Crippen LogP contribution >= 0.6 is 0 Å². The summed E-state index contributed by atoms with van der Waals surface area (Å²) in [4.78, 5) is 16.2. The van der Waals surface area contributed by atoms with Crippen molar-refractivity contribution in [2.45, 2.75) is 25.9 Å². The molecule has 0 saturated carbocycles. The molecule has 98 valence electrons. The summed E-state index contributed by atoms with van der Waals surface area (Å²) in [5.41, 5.74) is 4.06. The first-order valence-electron chi connectivity index (χ1n) is 6.70. The third-order valence-corrected chi connectivity index (χ3v) is 4.06. The van der Waals surface area contributed by atoms with E-state index in [4.69, 9.17) is 4.74 Å². The van der Waals surface area contributed by atoms with Crippen LogP contribution in [0.2, 0.25) is 0 Å². The maximum atomic E-state index is 11.9. The maximum absolute atomic E-state index is 11.9. The number of nitrogens with zero attached hydrogens (tertiary/aromatic N) is 2. The van der Waals surface area contributed by atoms with E-state index in [0.29, 0.717) is 6.61 Å². The second-order valence-corrected chi connectivity index (χ2v) is 5.37. The van der Waals surface area contributed by atoms with Gasteiger partial charge in [0.05, 0.1) is 6.61 Å². The highest BCUT2D eigenvalue weighted by atomic mass is 16.6. The van der Waals surface area contributed by atoms with E-state index >= 15 is 0 Å². The molecule has 0 N–H and O–H groups in total. The van der Waals surface area contributed by atoms with Crippen molar-refractivity contribution in [1.29, 1.82) is 0 Å². The second kappa shape index (κ2) is 4.43. The minimum atomic E-state index is -0.140. The van der Waals surface area contributed by atoms with Gasteiger partial charge in [0.25, 0.3) is 5.91 Å². The lowest BCUT2D eigenvalue weighted by Crippen LogP contribution is -2.49. The van der Waals surface area contributed by atoms with E-state index in [-0.39, 0.29) is 12.0 Å². The van der Waals surface area contributed by atoms with Crippen LogP contribution in [0.1, 0.15) is 19.8 Å². The number of allylic oxidation sites excluding steroid dienone is 2. The zero-order valence-electron chi connectivity index (χ0n) is 10.9. The number of epoxide rings is 1. The van der Waals surface area contributed by atoms with E-state index in [1.54, 1.807) is 0 Å². The number of hydrogen-bond acceptors (Lipinski definition) is 3. The highest BCUT2D eigenvalue weighted by molar-refractivity contribution is 5.83. The van der Waals surface area contributed by atoms with E-state index in [0.717, 1.165) is 39.0 Å². The fourth-order valence-corrected chi connectivity index (χ4v) is 2.92. The van der Waals surface area contributed by atoms with E-state index in [2.05, 4.69) is 18.4 Å². The Morgan fingerprint density at radius 1 is 1.28 bits per heavy atom. The van der Waals surface area contributed by atoms with Crippen molar-refractivity contribution in [2.75, 3.05) is 32.8 Å². The number of piperazine rings is 1. The summed E-state index contributed by atoms with van der Waals surface area (Å²) in [6.07, 6.45) is 2.10. The fourth-order valence-electron chi connectivity index (χ4n) is 2.92. The molecule has 0 aromatic rings. The van der Waals surface area contributed by atoms with Gasteiger partial charge in [-0.25, -0.2) is 0 Å². The first kappa shape index (κ1) is 11.8. The van der Waals surface area contributed by atoms with E-state index in [1.807, 2.05) is 4.90 Å². The van der Waals surface area contributed by atoms with Crippen LogP contribution < -0.4 is 0 Å². The fraction of sp³-hybridized carbons (Fsp3) is 0.643. The molecule has 2 heterocycles. The molecule has 18 heavy (non-hydrogen) atoms. The van der Waals surface area contributed by atoms with E-state index in [1.165, 1.54) is 16.8 Å². The summed E-state index contributed by atoms with van der Waals surface area (Å²) in [6.45, 7) is 10.4. The Kier molecular flexibility index (Phi) is 2.90. The third kappa shape index (κ3) is 2.05. The molecular formula is C14H20N2O2. The number of ether oxygens (including phenoxy) is 1. The summed E-state index contributed by atoms with van der Waals surface area (Å²) < 4.78 is 5.06. The van der Waals surface area contributed by atoms with Crippen molar-refractivity contribution in [2.24, 2.45) is 0 Å². The first-order valence-corrected chi connectivity index (χ1v) is 6.70. The van der Waals surface area contributed by atoms with Crippen molar-refractivity contribution in [3.8, 4) is 0 Å². The normalized spacial score (nSPS) is 28.1. The third-order valence-electron chi connectivity index (χ3n) is 4.06. The summed E-state index contributed by atoms with van der Waals surface area (Å²) in [5, 5.41) is 0. The largest absolute Gasteiger partial charge is 0.368 e. The zero-order chi connectivity index (χ0) is 12.7. The SMILES string of the molecule is C=C1CCC(C)=C1N1CCN(C(=O)C2CO2)CC1. The van der Waals surface area contributed by atoms with Gasteiger partial charge >= 0.3 is 0 Å². The van der Waals surface area contributed by atoms with Crippen molar-refractivity contribution in [3.05, 3.63) is 23.4 Å². The summed E-state index contributed by atoms with van der Waals surface area (Å²) in [7, 11) is 0. The number of amides is 1. The topological polar surface area (TPSA) is 36.1 Å². The lowest BCUT2D eigenvalue weighted by atomic mass is 10.1. The Bertz CT molecular complexity index is 416. The van der Waals surface area contributed by atoms with Crippen LogP contribution in [0.5, 0.6) is 0 Å². The second-order valence-electron chi connectivity index (χ2n) is 5.37. The van der Waals surface area contributed by atoms with Gasteiger partial charge in [-0.15, -0.1) is 0 Å². The summed E-state index contributed by atoms with van der Waals surface area (Å²) in [5.74, 6) is 0.172. The lowest BCUT2D eigenvalue weighted by molar-refractivity contribution is -0.133. The molecule has 4 heteroatoms. The Balaban J connectivity index is 1.61. The molecule has 2 aliphatic heterocycles. The average molecular weight is 248 g/mol. The molecule has 0 aromatic heterocycles. The molecule has 1 amide bonds. The lowest BCUT2D eigenvalue weighted by Gasteiger charge is -2.37. The molecule has 3 aliphatic rings. The highest BCUT2D eigenvalue weighted by Crippen LogP contribution is 2.32. The molecule has 0 spiro atoms. The smallest absolute Gasteiger partial charge is 0.254 e. The van der Waals surface area contributed by atoms with Crippen LogP contribution in [0.4, 0.5) is 0 Å². The molecule has 4 nitrogen and oxygen atoms in total. The monoisotopic (exact) mass is 248 g/mol. The van der Waals surface area contributed by atoms with Crippen molar-refractivity contribution in [1.82, 2.24) is 9.80 Å². The summed E-state index contributed by atoms with van der Waals surface area (Å²) >= 11 is 0. The minimum Gasteiger partial charge on any atom is -0.368 e. The van der Waals surface area contributed by atoms with Crippen LogP contribution in [0.25, 0.3) is 0 Å². The Labute approximate surface area is 108 Å². The first-order chi connectivity index (χ1) is 8.66. The number of carbonyl (C=O) groups is 1. The van der Waals surface area contributed by atoms with Crippen LogP contribution in [0.15, 0.2) is 23.4 Å². The van der Waals surface area contributed by atoms with Gasteiger partial charge in [-0.3, -0.25) is 4.79 Å². The number of carbonyl (C=O) groups excluding carboxylic acids is 1. The molecule has 2 fully saturated rings. The quantitative estimate of drug-likeness (QED) is 0.688. The van der Waals surface area contributed by atoms with Gasteiger partial charge in [-0.2, -0.15) is 0 Å². The van der Waals surface area contributed by atoms with E-state index < -0.39 is 0 Å². The zero-order valence-corrected chi connectivity index (χ0v) is 10.9. The van der Waals surface area contributed by atoms with Gasteiger partial charge in [-0.1, -0.05) is 6.58 Å². The maximum Gasteiger partial charge on any atom is 0.254 e. The predicted octanol–water partition coefficient (Wildman–Crippen LogP) is 1.15.